The standard InChI is InChI=1S/C14H16FNO/c1-10(8-9-16)13-6-7-14(17-13)11-2-4-12(15)5-3-11/h2-7,10H,8-9,16H2,1H3. The van der Waals surface area contributed by atoms with E-state index in [2.05, 4.69) is 6.92 Å². The summed E-state index contributed by atoms with van der Waals surface area (Å²) in [5, 5.41) is 0. The fraction of sp³-hybridized carbons (Fsp3) is 0.286. The summed E-state index contributed by atoms with van der Waals surface area (Å²) >= 11 is 0. The largest absolute Gasteiger partial charge is 0.461 e. The van der Waals surface area contributed by atoms with Crippen LogP contribution in [0.1, 0.15) is 25.0 Å². The first kappa shape index (κ1) is 11.9. The number of rotatable bonds is 4. The third-order valence-electron chi connectivity index (χ3n) is 2.84. The van der Waals surface area contributed by atoms with Crippen molar-refractivity contribution >= 4 is 0 Å². The molecule has 1 aromatic carbocycles. The molecule has 90 valence electrons. The van der Waals surface area contributed by atoms with Gasteiger partial charge in [0.15, 0.2) is 0 Å². The van der Waals surface area contributed by atoms with E-state index in [1.807, 2.05) is 12.1 Å². The second-order valence-corrected chi connectivity index (χ2v) is 4.19. The molecule has 2 aromatic rings. The molecule has 2 N–H and O–H groups in total. The fourth-order valence-corrected chi connectivity index (χ4v) is 1.78. The van der Waals surface area contributed by atoms with Crippen LogP contribution in [-0.4, -0.2) is 6.54 Å². The predicted octanol–water partition coefficient (Wildman–Crippen LogP) is 3.54. The quantitative estimate of drug-likeness (QED) is 0.877. The zero-order valence-electron chi connectivity index (χ0n) is 9.82. The first-order valence-electron chi connectivity index (χ1n) is 5.76. The van der Waals surface area contributed by atoms with E-state index >= 15 is 0 Å². The van der Waals surface area contributed by atoms with Crippen LogP contribution < -0.4 is 5.73 Å². The lowest BCUT2D eigenvalue weighted by molar-refractivity contribution is 0.474. The summed E-state index contributed by atoms with van der Waals surface area (Å²) in [6.45, 7) is 2.73. The van der Waals surface area contributed by atoms with Gasteiger partial charge in [-0.3, -0.25) is 0 Å². The van der Waals surface area contributed by atoms with Crippen LogP contribution in [0.25, 0.3) is 11.3 Å². The van der Waals surface area contributed by atoms with Crippen molar-refractivity contribution in [2.45, 2.75) is 19.3 Å². The Kier molecular flexibility index (Phi) is 3.59. The number of furan rings is 1. The van der Waals surface area contributed by atoms with E-state index in [1.165, 1.54) is 12.1 Å². The van der Waals surface area contributed by atoms with Crippen LogP contribution in [0.5, 0.6) is 0 Å². The molecule has 0 saturated carbocycles. The highest BCUT2D eigenvalue weighted by molar-refractivity contribution is 5.57. The third kappa shape index (κ3) is 2.74. The van der Waals surface area contributed by atoms with Crippen LogP contribution in [0.3, 0.4) is 0 Å². The van der Waals surface area contributed by atoms with Crippen molar-refractivity contribution < 1.29 is 8.81 Å². The van der Waals surface area contributed by atoms with Crippen LogP contribution >= 0.6 is 0 Å². The van der Waals surface area contributed by atoms with Crippen molar-refractivity contribution in [1.82, 2.24) is 0 Å². The molecule has 1 atom stereocenters. The molecule has 1 unspecified atom stereocenters. The highest BCUT2D eigenvalue weighted by Gasteiger charge is 2.10. The fourth-order valence-electron chi connectivity index (χ4n) is 1.78. The molecule has 0 radical (unpaired) electrons. The lowest BCUT2D eigenvalue weighted by Gasteiger charge is -2.05. The molecule has 0 spiro atoms. The second-order valence-electron chi connectivity index (χ2n) is 4.19. The molecule has 0 aliphatic carbocycles. The number of hydrogen-bond donors (Lipinski definition) is 1. The molecule has 17 heavy (non-hydrogen) atoms. The number of nitrogens with two attached hydrogens (primary N) is 1. The lowest BCUT2D eigenvalue weighted by atomic mass is 10.1. The first-order chi connectivity index (χ1) is 8.20. The molecular weight excluding hydrogens is 217 g/mol. The minimum Gasteiger partial charge on any atom is -0.461 e. The van der Waals surface area contributed by atoms with Gasteiger partial charge in [-0.2, -0.15) is 0 Å². The summed E-state index contributed by atoms with van der Waals surface area (Å²) < 4.78 is 18.5. The first-order valence-corrected chi connectivity index (χ1v) is 5.76. The number of halogens is 1. The third-order valence-corrected chi connectivity index (χ3v) is 2.84. The van der Waals surface area contributed by atoms with E-state index < -0.39 is 0 Å². The maximum atomic E-state index is 12.8. The van der Waals surface area contributed by atoms with Gasteiger partial charge in [0.1, 0.15) is 17.3 Å². The van der Waals surface area contributed by atoms with Gasteiger partial charge in [0.25, 0.3) is 0 Å². The molecule has 0 saturated heterocycles. The number of hydrogen-bond acceptors (Lipinski definition) is 2. The Morgan fingerprint density at radius 2 is 1.88 bits per heavy atom. The zero-order chi connectivity index (χ0) is 12.3. The van der Waals surface area contributed by atoms with Crippen LogP contribution in [0.15, 0.2) is 40.8 Å². The van der Waals surface area contributed by atoms with E-state index in [9.17, 15) is 4.39 Å². The summed E-state index contributed by atoms with van der Waals surface area (Å²) in [7, 11) is 0. The molecular formula is C14H16FNO. The van der Waals surface area contributed by atoms with E-state index in [1.54, 1.807) is 12.1 Å². The van der Waals surface area contributed by atoms with Crippen LogP contribution in [-0.2, 0) is 0 Å². The molecule has 0 aliphatic rings. The van der Waals surface area contributed by atoms with Crippen molar-refractivity contribution in [1.29, 1.82) is 0 Å². The minimum absolute atomic E-state index is 0.239. The van der Waals surface area contributed by atoms with Crippen LogP contribution in [0, 0.1) is 5.82 Å². The molecule has 0 aliphatic heterocycles. The maximum Gasteiger partial charge on any atom is 0.134 e. The molecule has 2 nitrogen and oxygen atoms in total. The van der Waals surface area contributed by atoms with Crippen molar-refractivity contribution in [2.75, 3.05) is 6.54 Å². The summed E-state index contributed by atoms with van der Waals surface area (Å²) in [5.41, 5.74) is 6.40. The Bertz CT molecular complexity index is 475. The molecule has 3 heteroatoms. The van der Waals surface area contributed by atoms with Crippen molar-refractivity contribution in [3.63, 3.8) is 0 Å². The zero-order valence-corrected chi connectivity index (χ0v) is 9.82. The van der Waals surface area contributed by atoms with Gasteiger partial charge >= 0.3 is 0 Å². The van der Waals surface area contributed by atoms with Gasteiger partial charge in [-0.15, -0.1) is 0 Å². The molecule has 0 bridgehead atoms. The summed E-state index contributed by atoms with van der Waals surface area (Å²) in [4.78, 5) is 0. The van der Waals surface area contributed by atoms with Gasteiger partial charge in [0.2, 0.25) is 0 Å². The van der Waals surface area contributed by atoms with Gasteiger partial charge in [-0.1, -0.05) is 6.92 Å². The Balaban J connectivity index is 2.20. The normalized spacial score (nSPS) is 12.6. The van der Waals surface area contributed by atoms with Crippen LogP contribution in [0.4, 0.5) is 4.39 Å². The molecule has 0 amide bonds. The highest BCUT2D eigenvalue weighted by Crippen LogP contribution is 2.27. The smallest absolute Gasteiger partial charge is 0.134 e. The van der Waals surface area contributed by atoms with Crippen molar-refractivity contribution in [2.24, 2.45) is 5.73 Å². The van der Waals surface area contributed by atoms with E-state index in [4.69, 9.17) is 10.2 Å². The van der Waals surface area contributed by atoms with Gasteiger partial charge < -0.3 is 10.2 Å². The minimum atomic E-state index is -0.239. The Hall–Kier alpha value is -1.61. The molecule has 2 rings (SSSR count). The van der Waals surface area contributed by atoms with Gasteiger partial charge in [-0.05, 0) is 49.4 Å². The maximum absolute atomic E-state index is 12.8. The average molecular weight is 233 g/mol. The van der Waals surface area contributed by atoms with Crippen molar-refractivity contribution in [3.8, 4) is 11.3 Å². The Labute approximate surface area is 100 Å². The number of benzene rings is 1. The monoisotopic (exact) mass is 233 g/mol. The Morgan fingerprint density at radius 1 is 1.18 bits per heavy atom. The van der Waals surface area contributed by atoms with Crippen molar-refractivity contribution in [3.05, 3.63) is 48.0 Å². The van der Waals surface area contributed by atoms with E-state index in [-0.39, 0.29) is 5.82 Å². The molecule has 1 heterocycles. The van der Waals surface area contributed by atoms with E-state index in [0.717, 1.165) is 23.5 Å². The average Bonchev–Trinajstić information content (AvgIpc) is 2.80. The molecule has 1 aromatic heterocycles. The SMILES string of the molecule is CC(CCN)c1ccc(-c2ccc(F)cc2)o1. The lowest BCUT2D eigenvalue weighted by Crippen LogP contribution is -2.03. The topological polar surface area (TPSA) is 39.2 Å². The Morgan fingerprint density at radius 3 is 2.53 bits per heavy atom. The van der Waals surface area contributed by atoms with E-state index in [0.29, 0.717) is 12.5 Å². The highest BCUT2D eigenvalue weighted by atomic mass is 19.1. The van der Waals surface area contributed by atoms with Gasteiger partial charge in [0, 0.05) is 11.5 Å². The predicted molar refractivity (Wildman–Crippen MR) is 66.2 cm³/mol. The summed E-state index contributed by atoms with van der Waals surface area (Å²) in [6, 6.07) is 10.2. The molecule has 0 fully saturated rings. The van der Waals surface area contributed by atoms with Gasteiger partial charge in [0.05, 0.1) is 0 Å². The summed E-state index contributed by atoms with van der Waals surface area (Å²) in [5.74, 6) is 1.77. The second kappa shape index (κ2) is 5.15. The summed E-state index contributed by atoms with van der Waals surface area (Å²) in [6.07, 6.45) is 0.899. The van der Waals surface area contributed by atoms with Gasteiger partial charge in [-0.25, -0.2) is 4.39 Å². The van der Waals surface area contributed by atoms with Crippen LogP contribution in [0.2, 0.25) is 0 Å².